The molecule has 14 heavy (non-hydrogen) atoms. The smallest absolute Gasteiger partial charge is 0.248 e. The number of rotatable bonds is 4. The molecular formula is C9H15N3O2. The first kappa shape index (κ1) is 10.7. The molecule has 0 unspecified atom stereocenters. The predicted octanol–water partition coefficient (Wildman–Crippen LogP) is 0.00972. The van der Waals surface area contributed by atoms with Gasteiger partial charge < -0.3 is 4.42 Å². The number of nitrogens with zero attached hydrogens (tertiary/aromatic N) is 1. The summed E-state index contributed by atoms with van der Waals surface area (Å²) in [7, 11) is 1.85. The van der Waals surface area contributed by atoms with Crippen molar-refractivity contribution in [2.75, 3.05) is 13.6 Å². The van der Waals surface area contributed by atoms with Crippen molar-refractivity contribution in [2.45, 2.75) is 13.5 Å². The molecule has 5 nitrogen and oxygen atoms in total. The van der Waals surface area contributed by atoms with Crippen LogP contribution in [-0.2, 0) is 11.3 Å². The molecule has 0 radical (unpaired) electrons. The Hall–Kier alpha value is -1.33. The number of nitrogens with one attached hydrogen (secondary N) is 1. The summed E-state index contributed by atoms with van der Waals surface area (Å²) in [5.74, 6) is 5.66. The van der Waals surface area contributed by atoms with Gasteiger partial charge in [0, 0.05) is 12.1 Å². The van der Waals surface area contributed by atoms with Crippen LogP contribution in [0.3, 0.4) is 0 Å². The quantitative estimate of drug-likeness (QED) is 0.405. The van der Waals surface area contributed by atoms with Gasteiger partial charge >= 0.3 is 0 Å². The van der Waals surface area contributed by atoms with Gasteiger partial charge in [-0.1, -0.05) is 0 Å². The molecule has 5 heteroatoms. The molecule has 1 heterocycles. The molecule has 78 valence electrons. The van der Waals surface area contributed by atoms with Crippen LogP contribution >= 0.6 is 0 Å². The molecule has 0 fully saturated rings. The Kier molecular flexibility index (Phi) is 3.67. The molecule has 0 aliphatic rings. The molecule has 0 saturated carbocycles. The van der Waals surface area contributed by atoms with Gasteiger partial charge in [-0.3, -0.25) is 15.1 Å². The maximum Gasteiger partial charge on any atom is 0.248 e. The number of nitrogens with two attached hydrogens (primary N) is 1. The van der Waals surface area contributed by atoms with E-state index in [0.29, 0.717) is 6.54 Å². The largest absolute Gasteiger partial charge is 0.469 e. The monoisotopic (exact) mass is 197 g/mol. The van der Waals surface area contributed by atoms with Crippen molar-refractivity contribution in [3.63, 3.8) is 0 Å². The number of likely N-dealkylation sites (N-methyl/N-ethyl adjacent to an activating group) is 1. The van der Waals surface area contributed by atoms with Crippen LogP contribution in [0, 0.1) is 6.92 Å². The van der Waals surface area contributed by atoms with Gasteiger partial charge in [-0.25, -0.2) is 5.84 Å². The van der Waals surface area contributed by atoms with Crippen LogP contribution < -0.4 is 11.3 Å². The molecule has 1 rings (SSSR count). The number of amides is 1. The van der Waals surface area contributed by atoms with Gasteiger partial charge in [0.1, 0.15) is 5.76 Å². The van der Waals surface area contributed by atoms with E-state index < -0.39 is 0 Å². The Labute approximate surface area is 82.8 Å². The Morgan fingerprint density at radius 2 is 2.43 bits per heavy atom. The molecule has 0 bridgehead atoms. The lowest BCUT2D eigenvalue weighted by Gasteiger charge is -2.14. The number of carbonyl (C=O) groups is 1. The van der Waals surface area contributed by atoms with Crippen LogP contribution in [0.15, 0.2) is 16.7 Å². The van der Waals surface area contributed by atoms with Crippen molar-refractivity contribution in [1.82, 2.24) is 10.3 Å². The first-order chi connectivity index (χ1) is 6.63. The fourth-order valence-electron chi connectivity index (χ4n) is 1.21. The molecule has 1 amide bonds. The zero-order chi connectivity index (χ0) is 10.6. The third kappa shape index (κ3) is 2.86. The molecular weight excluding hydrogens is 182 g/mol. The van der Waals surface area contributed by atoms with Crippen LogP contribution in [0.5, 0.6) is 0 Å². The van der Waals surface area contributed by atoms with Crippen molar-refractivity contribution < 1.29 is 9.21 Å². The minimum atomic E-state index is -0.200. The summed E-state index contributed by atoms with van der Waals surface area (Å²) in [4.78, 5) is 12.8. The zero-order valence-electron chi connectivity index (χ0n) is 8.41. The predicted molar refractivity (Wildman–Crippen MR) is 52.1 cm³/mol. The highest BCUT2D eigenvalue weighted by Gasteiger charge is 2.08. The normalized spacial score (nSPS) is 10.6. The molecule has 0 spiro atoms. The van der Waals surface area contributed by atoms with Crippen molar-refractivity contribution >= 4 is 5.91 Å². The minimum Gasteiger partial charge on any atom is -0.469 e. The number of hydrogen-bond donors (Lipinski definition) is 2. The average Bonchev–Trinajstić information content (AvgIpc) is 2.51. The fraction of sp³-hybridized carbons (Fsp3) is 0.444. The SMILES string of the molecule is Cc1occc1CN(C)CC(=O)NN. The van der Waals surface area contributed by atoms with Gasteiger partial charge in [0.15, 0.2) is 0 Å². The average molecular weight is 197 g/mol. The Morgan fingerprint density at radius 1 is 1.71 bits per heavy atom. The fourth-order valence-corrected chi connectivity index (χ4v) is 1.21. The van der Waals surface area contributed by atoms with E-state index in [9.17, 15) is 4.79 Å². The van der Waals surface area contributed by atoms with E-state index in [-0.39, 0.29) is 12.5 Å². The molecule has 0 aliphatic heterocycles. The van der Waals surface area contributed by atoms with Gasteiger partial charge in [0.25, 0.3) is 0 Å². The highest BCUT2D eigenvalue weighted by Crippen LogP contribution is 2.10. The van der Waals surface area contributed by atoms with E-state index in [2.05, 4.69) is 5.43 Å². The van der Waals surface area contributed by atoms with Crippen molar-refractivity contribution in [3.05, 3.63) is 23.7 Å². The van der Waals surface area contributed by atoms with Gasteiger partial charge in [0.05, 0.1) is 12.8 Å². The third-order valence-corrected chi connectivity index (χ3v) is 1.98. The number of hydrazine groups is 1. The summed E-state index contributed by atoms with van der Waals surface area (Å²) < 4.78 is 5.14. The van der Waals surface area contributed by atoms with Crippen LogP contribution in [0.25, 0.3) is 0 Å². The molecule has 0 atom stereocenters. The molecule has 0 aromatic carbocycles. The van der Waals surface area contributed by atoms with Crippen molar-refractivity contribution in [1.29, 1.82) is 0 Å². The van der Waals surface area contributed by atoms with E-state index in [1.165, 1.54) is 0 Å². The molecule has 0 aliphatic carbocycles. The topological polar surface area (TPSA) is 71.5 Å². The summed E-state index contributed by atoms with van der Waals surface area (Å²) in [6, 6.07) is 1.90. The molecule has 3 N–H and O–H groups in total. The van der Waals surface area contributed by atoms with E-state index in [1.54, 1.807) is 6.26 Å². The standard InChI is InChI=1S/C9H15N3O2/c1-7-8(3-4-14-7)5-12(2)6-9(13)11-10/h3-4H,5-6,10H2,1-2H3,(H,11,13). The summed E-state index contributed by atoms with van der Waals surface area (Å²) in [6.45, 7) is 2.85. The van der Waals surface area contributed by atoms with E-state index in [0.717, 1.165) is 11.3 Å². The van der Waals surface area contributed by atoms with Crippen molar-refractivity contribution in [3.8, 4) is 0 Å². The number of carbonyl (C=O) groups excluding carboxylic acids is 1. The Morgan fingerprint density at radius 3 is 2.93 bits per heavy atom. The third-order valence-electron chi connectivity index (χ3n) is 1.98. The summed E-state index contributed by atoms with van der Waals surface area (Å²) in [5.41, 5.74) is 3.17. The van der Waals surface area contributed by atoms with E-state index >= 15 is 0 Å². The minimum absolute atomic E-state index is 0.200. The maximum atomic E-state index is 10.9. The number of aryl methyl sites for hydroxylation is 1. The van der Waals surface area contributed by atoms with Crippen LogP contribution in [0.1, 0.15) is 11.3 Å². The van der Waals surface area contributed by atoms with E-state index in [1.807, 2.05) is 24.9 Å². The van der Waals surface area contributed by atoms with Gasteiger partial charge in [-0.05, 0) is 20.0 Å². The highest BCUT2D eigenvalue weighted by atomic mass is 16.3. The first-order valence-corrected chi connectivity index (χ1v) is 4.34. The van der Waals surface area contributed by atoms with E-state index in [4.69, 9.17) is 10.3 Å². The molecule has 1 aromatic rings. The van der Waals surface area contributed by atoms with Crippen LogP contribution in [0.2, 0.25) is 0 Å². The highest BCUT2D eigenvalue weighted by molar-refractivity contribution is 5.77. The Bertz CT molecular complexity index is 309. The summed E-state index contributed by atoms with van der Waals surface area (Å²) in [6.07, 6.45) is 1.64. The van der Waals surface area contributed by atoms with Crippen LogP contribution in [-0.4, -0.2) is 24.4 Å². The second kappa shape index (κ2) is 4.78. The second-order valence-corrected chi connectivity index (χ2v) is 3.24. The zero-order valence-corrected chi connectivity index (χ0v) is 8.41. The lowest BCUT2D eigenvalue weighted by atomic mass is 10.2. The molecule has 1 aromatic heterocycles. The molecule has 0 saturated heterocycles. The number of furan rings is 1. The number of hydrogen-bond acceptors (Lipinski definition) is 4. The van der Waals surface area contributed by atoms with Crippen LogP contribution in [0.4, 0.5) is 0 Å². The summed E-state index contributed by atoms with van der Waals surface area (Å²) in [5, 5.41) is 0. The lowest BCUT2D eigenvalue weighted by Crippen LogP contribution is -2.38. The summed E-state index contributed by atoms with van der Waals surface area (Å²) >= 11 is 0. The maximum absolute atomic E-state index is 10.9. The van der Waals surface area contributed by atoms with Gasteiger partial charge in [-0.2, -0.15) is 0 Å². The van der Waals surface area contributed by atoms with Crippen molar-refractivity contribution in [2.24, 2.45) is 5.84 Å². The van der Waals surface area contributed by atoms with Gasteiger partial charge in [0.2, 0.25) is 5.91 Å². The van der Waals surface area contributed by atoms with Gasteiger partial charge in [-0.15, -0.1) is 0 Å². The second-order valence-electron chi connectivity index (χ2n) is 3.24. The lowest BCUT2D eigenvalue weighted by molar-refractivity contribution is -0.122. The Balaban J connectivity index is 2.45. The first-order valence-electron chi connectivity index (χ1n) is 4.34.